The van der Waals surface area contributed by atoms with E-state index >= 15 is 0 Å². The highest BCUT2D eigenvalue weighted by Crippen LogP contribution is 2.46. The Bertz CT molecular complexity index is 7290. The van der Waals surface area contributed by atoms with Gasteiger partial charge in [-0.25, -0.2) is 29.9 Å². The quantitative estimate of drug-likeness (QED) is 0.0162. The van der Waals surface area contributed by atoms with E-state index in [9.17, 15) is 77.0 Å². The van der Waals surface area contributed by atoms with Crippen LogP contribution in [0.25, 0.3) is 21.7 Å². The van der Waals surface area contributed by atoms with Crippen LogP contribution in [0.3, 0.4) is 0 Å². The highest BCUT2D eigenvalue weighted by atomic mass is 35.5. The molecule has 3 aromatic carbocycles. The molecule has 0 radical (unpaired) electrons. The number of phenols is 1. The number of carbonyl (C=O) groups is 15. The lowest BCUT2D eigenvalue weighted by molar-refractivity contribution is -0.117. The van der Waals surface area contributed by atoms with E-state index in [4.69, 9.17) is 11.6 Å². The van der Waals surface area contributed by atoms with E-state index in [1.807, 2.05) is 24.3 Å². The molecule has 706 valence electrons. The fourth-order valence-corrected chi connectivity index (χ4v) is 15.7. The van der Waals surface area contributed by atoms with E-state index in [-0.39, 0.29) is 184 Å². The number of halogens is 1. The number of aromatic hydroxyl groups is 1. The van der Waals surface area contributed by atoms with Crippen molar-refractivity contribution in [3.05, 3.63) is 210 Å². The number of alkyl halides is 1. The number of H-pyrrole nitrogens is 1. The molecule has 1 aliphatic rings. The van der Waals surface area contributed by atoms with Crippen LogP contribution in [-0.2, 0) is 89.7 Å². The third kappa shape index (κ3) is 21.0. The largest absolute Gasteiger partial charge is 0.507 e. The number of aromatic nitrogens is 17. The van der Waals surface area contributed by atoms with Gasteiger partial charge in [0.05, 0.1) is 28.4 Å². The van der Waals surface area contributed by atoms with Gasteiger partial charge in [0, 0.05) is 225 Å². The molecule has 0 saturated heterocycles. The van der Waals surface area contributed by atoms with Crippen molar-refractivity contribution in [2.24, 2.45) is 70.5 Å². The average molecular weight is 1890 g/mol. The number of aromatic amines is 1. The molecule has 11 aromatic heterocycles. The van der Waals surface area contributed by atoms with Crippen molar-refractivity contribution < 1.29 is 77.0 Å². The van der Waals surface area contributed by atoms with Crippen LogP contribution in [0.5, 0.6) is 5.75 Å². The Hall–Kier alpha value is -18.0. The summed E-state index contributed by atoms with van der Waals surface area (Å²) in [5.41, 5.74) is 4.57. The van der Waals surface area contributed by atoms with Crippen LogP contribution in [0.15, 0.2) is 141 Å². The number of rotatable bonds is 33. The maximum atomic E-state index is 14.1. The summed E-state index contributed by atoms with van der Waals surface area (Å²) in [5.74, 6) is -8.70. The third-order valence-electron chi connectivity index (χ3n) is 21.9. The minimum atomic E-state index is -0.732. The van der Waals surface area contributed by atoms with E-state index < -0.39 is 76.8 Å². The standard InChI is InChI=1S/C88H91ClN32O16/c1-44(122)93-62-38-116(7)75(102-62)85(134)110-67-43-120(11)77(107-67)87(136)108-65-41-115(6)72(105-65)82(131)92-24-21-70(126)101-64-40-117(8)73(103-64)83(132)98-51-30-60(114(5)37-51)81(130)96-49-28-57(111(2)35-49)78(127)90-22-14-17-68(124)100-63-39-118(9)76(104-63)86(135)109-66-42-119(10)74(106-66)84(133)97-50-29-58(112(3)36-50)79(128)91-23-20-69(125)94-48-27-59(113(4)34-48)80(129)95-47-18-19-54-45(25-47)26-55(99-54)88(137)121-33-46(32-89)71-53-16-13-12-15-52(53)61(123)31-56(71)121/h12-13,15-16,18-19,25-31,34-43,46,99,123H,14,17,20-24,32-33H2,1-11H3,(H,90,127)(H,91,128)(H,92,131)(H,93,122)(H,94,125)(H,95,129)(H,96,130)(H,97,133)(H,98,132)(H,100,124)(H,101,126)(H,108,136)(H,109,135)(H,110,134). The normalized spacial score (nSPS) is 12.1. The first-order valence-electron chi connectivity index (χ1n) is 42.2. The molecule has 1 atom stereocenters. The third-order valence-corrected chi connectivity index (χ3v) is 22.2. The number of fused-ring (bicyclic) bond motifs is 4. The summed E-state index contributed by atoms with van der Waals surface area (Å²) in [6, 6.07) is 21.7. The molecular formula is C88H91ClN32O16. The fraction of sp³-hybridized carbons (Fsp3) is 0.239. The minimum Gasteiger partial charge on any atom is -0.507 e. The van der Waals surface area contributed by atoms with Gasteiger partial charge in [-0.15, -0.1) is 11.6 Å². The van der Waals surface area contributed by atoms with Gasteiger partial charge in [-0.3, -0.25) is 71.9 Å². The molecule has 49 heteroatoms. The first-order chi connectivity index (χ1) is 65.3. The minimum absolute atomic E-state index is 0.00756. The number of nitrogens with zero attached hydrogens (tertiary/aromatic N) is 17. The molecule has 15 amide bonds. The molecule has 1 aliphatic heterocycles. The van der Waals surface area contributed by atoms with E-state index in [1.165, 1.54) is 163 Å². The van der Waals surface area contributed by atoms with E-state index in [0.717, 1.165) is 10.9 Å². The highest BCUT2D eigenvalue weighted by Gasteiger charge is 2.37. The summed E-state index contributed by atoms with van der Waals surface area (Å²) >= 11 is 6.43. The van der Waals surface area contributed by atoms with Gasteiger partial charge in [-0.1, -0.05) is 24.3 Å². The highest BCUT2D eigenvalue weighted by molar-refractivity contribution is 6.20. The van der Waals surface area contributed by atoms with Crippen LogP contribution in [0.1, 0.15) is 160 Å². The van der Waals surface area contributed by atoms with Gasteiger partial charge in [-0.05, 0) is 65.9 Å². The van der Waals surface area contributed by atoms with Crippen molar-refractivity contribution in [2.75, 3.05) is 95.4 Å². The smallest absolute Gasteiger partial charge is 0.292 e. The van der Waals surface area contributed by atoms with Crippen LogP contribution in [0.2, 0.25) is 0 Å². The Morgan fingerprint density at radius 3 is 1.16 bits per heavy atom. The van der Waals surface area contributed by atoms with Gasteiger partial charge in [0.1, 0.15) is 34.2 Å². The number of nitrogens with one attached hydrogen (secondary N) is 15. The van der Waals surface area contributed by atoms with E-state index in [0.29, 0.717) is 45.6 Å². The van der Waals surface area contributed by atoms with Gasteiger partial charge >= 0.3 is 0 Å². The van der Waals surface area contributed by atoms with Crippen molar-refractivity contribution in [2.45, 2.75) is 38.5 Å². The Morgan fingerprint density at radius 1 is 0.365 bits per heavy atom. The van der Waals surface area contributed by atoms with Crippen LogP contribution >= 0.6 is 11.6 Å². The van der Waals surface area contributed by atoms with Crippen molar-refractivity contribution in [3.63, 3.8) is 0 Å². The lowest BCUT2D eigenvalue weighted by Gasteiger charge is -2.17. The second kappa shape index (κ2) is 39.2. The molecular weight excluding hydrogens is 1800 g/mol. The van der Waals surface area contributed by atoms with Gasteiger partial charge in [0.25, 0.3) is 65.0 Å². The van der Waals surface area contributed by atoms with Crippen LogP contribution in [0.4, 0.5) is 69.0 Å². The lowest BCUT2D eigenvalue weighted by atomic mass is 9.95. The summed E-state index contributed by atoms with van der Waals surface area (Å²) < 4.78 is 14.2. The van der Waals surface area contributed by atoms with Crippen molar-refractivity contribution >= 4 is 191 Å². The van der Waals surface area contributed by atoms with Crippen LogP contribution < -0.4 is 79.3 Å². The topological polar surface area (TPSA) is 590 Å². The maximum Gasteiger partial charge on any atom is 0.292 e. The van der Waals surface area contributed by atoms with E-state index in [2.05, 4.69) is 109 Å². The number of aryl methyl sites for hydroxylation is 10. The molecule has 0 fully saturated rings. The zero-order valence-electron chi connectivity index (χ0n) is 75.3. The van der Waals surface area contributed by atoms with Gasteiger partial charge < -0.3 is 135 Å². The fourth-order valence-electron chi connectivity index (χ4n) is 15.5. The zero-order valence-corrected chi connectivity index (χ0v) is 76.0. The van der Waals surface area contributed by atoms with Crippen LogP contribution in [0, 0.1) is 0 Å². The summed E-state index contributed by atoms with van der Waals surface area (Å²) in [7, 11) is 15.6. The van der Waals surface area contributed by atoms with Crippen molar-refractivity contribution in [1.29, 1.82) is 0 Å². The Balaban J connectivity index is 0.445. The predicted molar refractivity (Wildman–Crippen MR) is 501 cm³/mol. The average Bonchev–Trinajstić information content (AvgIpc) is 1.59. The Labute approximate surface area is 780 Å². The number of hydrogen-bond donors (Lipinski definition) is 16. The molecule has 0 saturated carbocycles. The summed E-state index contributed by atoms with van der Waals surface area (Å²) in [6.45, 7) is 1.46. The lowest BCUT2D eigenvalue weighted by Crippen LogP contribution is -2.30. The second-order valence-electron chi connectivity index (χ2n) is 32.3. The first-order valence-corrected chi connectivity index (χ1v) is 42.7. The molecule has 0 bridgehead atoms. The van der Waals surface area contributed by atoms with Gasteiger partial charge in [0.2, 0.25) is 58.6 Å². The molecule has 1 unspecified atom stereocenters. The number of benzene rings is 3. The van der Waals surface area contributed by atoms with Gasteiger partial charge in [0.15, 0.2) is 34.9 Å². The van der Waals surface area contributed by atoms with Crippen molar-refractivity contribution in [3.8, 4) is 5.75 Å². The molecule has 14 aromatic rings. The summed E-state index contributed by atoms with van der Waals surface area (Å²) in [5, 5.41) is 50.3. The molecule has 12 heterocycles. The Kier molecular flexibility index (Phi) is 26.8. The molecule has 16 N–H and O–H groups in total. The molecule has 0 aliphatic carbocycles. The number of imidazole rings is 6. The Morgan fingerprint density at radius 2 is 0.723 bits per heavy atom. The summed E-state index contributed by atoms with van der Waals surface area (Å²) in [4.78, 5) is 229. The number of carbonyl (C=O) groups excluding carboxylic acids is 15. The SMILES string of the molecule is CC(=O)Nc1cn(C)c(C(=O)Nc2cn(C)c(C(=O)Nc3cn(C)c(C(=O)NCCC(=O)Nc4cn(C)c(C(=O)Nc5cc(C(=O)Nc6cc(C(=O)NCCCC(=O)Nc7cn(C)c(C(=O)Nc8cn(C)c(C(=O)Nc9cc(C(=O)NCCC(=O)Nc%10cc(C(=O)Nc%11ccc%12[nH]c(C(=O)N%13CC(CCl)c%14c%13cc(O)c%13ccccc%14%13)cc%12c%11)n(C)c%10)n(C)c9)n8)n7)n(C)c6)n(C)c5)n4)n3)n2)n1. The molecule has 48 nitrogen and oxygen atoms in total. The van der Waals surface area contributed by atoms with Crippen molar-refractivity contribution in [1.82, 2.24) is 96.5 Å². The zero-order chi connectivity index (χ0) is 97.8. The number of anilines is 12. The predicted octanol–water partition coefficient (Wildman–Crippen LogP) is 6.15. The maximum absolute atomic E-state index is 14.1. The molecule has 15 rings (SSSR count). The van der Waals surface area contributed by atoms with E-state index in [1.54, 1.807) is 81.2 Å². The van der Waals surface area contributed by atoms with Gasteiger partial charge in [-0.2, -0.15) is 0 Å². The summed E-state index contributed by atoms with van der Waals surface area (Å²) in [6.07, 6.45) is 14.3. The molecule has 137 heavy (non-hydrogen) atoms. The first kappa shape index (κ1) is 93.7. The number of phenolic OH excluding ortho intramolecular Hbond substituents is 1. The monoisotopic (exact) mass is 1890 g/mol. The molecule has 0 spiro atoms. The number of amides is 15. The number of hydrogen-bond acceptors (Lipinski definition) is 22. The second-order valence-corrected chi connectivity index (χ2v) is 32.6. The van der Waals surface area contributed by atoms with Crippen LogP contribution in [-0.4, -0.2) is 206 Å².